The van der Waals surface area contributed by atoms with Crippen LogP contribution in [0.3, 0.4) is 0 Å². The van der Waals surface area contributed by atoms with Crippen molar-refractivity contribution in [3.63, 3.8) is 0 Å². The smallest absolute Gasteiger partial charge is 0.696 e. The van der Waals surface area contributed by atoms with Gasteiger partial charge in [0, 0.05) is 47.7 Å². The summed E-state index contributed by atoms with van der Waals surface area (Å²) in [4.78, 5) is 48.7. The third-order valence-corrected chi connectivity index (χ3v) is 3.40. The van der Waals surface area contributed by atoms with Crippen LogP contribution in [0.1, 0.15) is 0 Å². The number of aromatic amines is 3. The van der Waals surface area contributed by atoms with Gasteiger partial charge in [-0.1, -0.05) is 22.9 Å². The Morgan fingerprint density at radius 2 is 1.12 bits per heavy atom. The fraction of sp³-hybridized carbons (Fsp3) is 0. The summed E-state index contributed by atoms with van der Waals surface area (Å²) in [6.45, 7) is 0. The average Bonchev–Trinajstić information content (AvgIpc) is 2.81. The zero-order valence-electron chi connectivity index (χ0n) is 16.9. The molecule has 4 heterocycles. The molecule has 0 unspecified atom stereocenters. The van der Waals surface area contributed by atoms with Crippen LogP contribution >= 0.6 is 0 Å². The number of nitrogens with one attached hydrogen (secondary N) is 3. The number of pyridine rings is 3. The molecule has 0 aliphatic carbocycles. The first-order valence-electron chi connectivity index (χ1n) is 8.68. The summed E-state index contributed by atoms with van der Waals surface area (Å²) in [5, 5.41) is 16.9. The average molecular weight is 674 g/mol. The minimum absolute atomic E-state index is 0. The van der Waals surface area contributed by atoms with E-state index in [1.807, 2.05) is 48.8 Å². The van der Waals surface area contributed by atoms with Crippen LogP contribution in [0.15, 0.2) is 81.8 Å². The number of hydrogen-bond acceptors (Lipinski definition) is 10. The van der Waals surface area contributed by atoms with Gasteiger partial charge in [-0.2, -0.15) is 0 Å². The number of thiocyanates is 2. The van der Waals surface area contributed by atoms with Gasteiger partial charge in [-0.25, -0.2) is 24.9 Å². The fourth-order valence-corrected chi connectivity index (χ4v) is 2.30. The summed E-state index contributed by atoms with van der Waals surface area (Å²) in [6, 6.07) is 11.9. The van der Waals surface area contributed by atoms with E-state index in [2.05, 4.69) is 40.2 Å². The number of hydrogen-bond donors (Lipinski definition) is 3. The molecule has 4 rings (SSSR count). The van der Waals surface area contributed by atoms with E-state index in [9.17, 15) is 14.4 Å². The molecule has 0 atom stereocenters. The predicted octanol–water partition coefficient (Wildman–Crippen LogP) is 0.983. The molecule has 0 bridgehead atoms. The van der Waals surface area contributed by atoms with Crippen LogP contribution in [0, 0.1) is 21.3 Å². The molecule has 0 aliphatic rings. The van der Waals surface area contributed by atoms with E-state index in [-0.39, 0.29) is 21.1 Å². The van der Waals surface area contributed by atoms with Crippen LogP contribution in [-0.4, -0.2) is 29.9 Å². The molecule has 14 heteroatoms. The van der Waals surface area contributed by atoms with Gasteiger partial charge in [-0.05, 0) is 24.3 Å². The minimum Gasteiger partial charge on any atom is -0.696 e. The van der Waals surface area contributed by atoms with Crippen molar-refractivity contribution < 1.29 is 21.1 Å². The summed E-state index contributed by atoms with van der Waals surface area (Å²) >= 11 is 7.40. The van der Waals surface area contributed by atoms with Crippen LogP contribution in [0.4, 0.5) is 0 Å². The van der Waals surface area contributed by atoms with Crippen LogP contribution in [0.2, 0.25) is 0 Å². The molecule has 0 aromatic carbocycles. The fourth-order valence-electron chi connectivity index (χ4n) is 2.30. The third kappa shape index (κ3) is 11.0. The zero-order chi connectivity index (χ0) is 24.5. The third-order valence-electron chi connectivity index (χ3n) is 3.40. The number of rotatable bonds is 2. The van der Waals surface area contributed by atoms with Gasteiger partial charge in [0.05, 0.1) is 5.69 Å². The Balaban J connectivity index is 0.000000574. The molecule has 0 amide bonds. The van der Waals surface area contributed by atoms with E-state index in [1.165, 1.54) is 10.8 Å². The molecular formula is C20H14N8O3PtS2. The Kier molecular flexibility index (Phi) is 15.4. The van der Waals surface area contributed by atoms with Crippen molar-refractivity contribution in [3.05, 3.63) is 98.8 Å². The molecule has 0 aliphatic heterocycles. The van der Waals surface area contributed by atoms with Crippen molar-refractivity contribution in [3.8, 4) is 33.2 Å². The Morgan fingerprint density at radius 1 is 0.706 bits per heavy atom. The van der Waals surface area contributed by atoms with Crippen molar-refractivity contribution >= 4 is 25.3 Å². The van der Waals surface area contributed by atoms with Gasteiger partial charge in [0.15, 0.2) is 0 Å². The second-order valence-electron chi connectivity index (χ2n) is 5.43. The first-order valence-corrected chi connectivity index (χ1v) is 9.49. The SMILES string of the molecule is N#C[S-].N#C[S-].O=c1[nH]c(=O)[nH]c(=O)[nH]1.[Pt+2].c1cncc(-c2cccnc2-c2cccnc2)c1. The molecule has 174 valence electrons. The number of nitriles is 2. The zero-order valence-corrected chi connectivity index (χ0v) is 20.8. The van der Waals surface area contributed by atoms with E-state index in [4.69, 9.17) is 10.5 Å². The number of nitrogens with zero attached hydrogens (tertiary/aromatic N) is 5. The van der Waals surface area contributed by atoms with Crippen LogP contribution < -0.4 is 17.1 Å². The van der Waals surface area contributed by atoms with Crippen LogP contribution in [-0.2, 0) is 46.3 Å². The first kappa shape index (κ1) is 30.0. The Morgan fingerprint density at radius 3 is 1.53 bits per heavy atom. The molecule has 0 saturated carbocycles. The van der Waals surface area contributed by atoms with Crippen LogP contribution in [0.5, 0.6) is 0 Å². The Labute approximate surface area is 218 Å². The largest absolute Gasteiger partial charge is 2.00 e. The second-order valence-corrected chi connectivity index (χ2v) is 5.79. The second kappa shape index (κ2) is 17.5. The maximum atomic E-state index is 10.2. The molecule has 0 radical (unpaired) electrons. The molecule has 34 heavy (non-hydrogen) atoms. The van der Waals surface area contributed by atoms with Gasteiger partial charge in [0.2, 0.25) is 0 Å². The van der Waals surface area contributed by atoms with E-state index >= 15 is 0 Å². The van der Waals surface area contributed by atoms with Gasteiger partial charge in [0.1, 0.15) is 0 Å². The molecule has 3 N–H and O–H groups in total. The summed E-state index contributed by atoms with van der Waals surface area (Å²) in [5.74, 6) is 0. The summed E-state index contributed by atoms with van der Waals surface area (Å²) in [6.07, 6.45) is 8.99. The van der Waals surface area contributed by atoms with Gasteiger partial charge >= 0.3 is 38.1 Å². The number of aromatic nitrogens is 6. The van der Waals surface area contributed by atoms with E-state index < -0.39 is 17.1 Å². The van der Waals surface area contributed by atoms with Crippen molar-refractivity contribution in [2.45, 2.75) is 0 Å². The predicted molar refractivity (Wildman–Crippen MR) is 125 cm³/mol. The van der Waals surface area contributed by atoms with Gasteiger partial charge < -0.3 is 25.3 Å². The monoisotopic (exact) mass is 673 g/mol. The van der Waals surface area contributed by atoms with Gasteiger partial charge in [-0.15, -0.1) is 0 Å². The molecule has 0 spiro atoms. The van der Waals surface area contributed by atoms with Gasteiger partial charge in [0.25, 0.3) is 0 Å². The van der Waals surface area contributed by atoms with Crippen LogP contribution in [0.25, 0.3) is 22.4 Å². The molecule has 0 saturated heterocycles. The molecule has 4 aromatic heterocycles. The van der Waals surface area contributed by atoms with Crippen molar-refractivity contribution in [1.82, 2.24) is 29.9 Å². The Bertz CT molecular complexity index is 1230. The molecule has 0 fully saturated rings. The van der Waals surface area contributed by atoms with Gasteiger partial charge in [-0.3, -0.25) is 29.9 Å². The quantitative estimate of drug-likeness (QED) is 0.205. The first-order chi connectivity index (χ1) is 16.0. The van der Waals surface area contributed by atoms with Crippen molar-refractivity contribution in [1.29, 1.82) is 10.5 Å². The van der Waals surface area contributed by atoms with Crippen molar-refractivity contribution in [2.24, 2.45) is 0 Å². The van der Waals surface area contributed by atoms with Crippen molar-refractivity contribution in [2.75, 3.05) is 0 Å². The standard InChI is InChI=1S/C15H11N3.C3H3N3O3.2CHNS.Pt/c1-4-12(10-16-7-1)14-6-3-9-18-15(14)13-5-2-8-17-11-13;7-1-4-2(8)6-3(9)5-1;2*2-1-3;/h1-11H;(H3,4,5,6,7,8,9);2*3H;/q;;;;+2/p-2. The summed E-state index contributed by atoms with van der Waals surface area (Å²) < 4.78 is 0. The molecule has 4 aromatic rings. The summed E-state index contributed by atoms with van der Waals surface area (Å²) in [5.41, 5.74) is 1.66. The normalized spacial score (nSPS) is 8.29. The summed E-state index contributed by atoms with van der Waals surface area (Å²) in [7, 11) is 0. The Hall–Kier alpha value is -4.03. The van der Waals surface area contributed by atoms with E-state index in [0.29, 0.717) is 0 Å². The molecule has 11 nitrogen and oxygen atoms in total. The maximum absolute atomic E-state index is 10.2. The minimum atomic E-state index is -0.802. The van der Waals surface area contributed by atoms with E-state index in [0.717, 1.165) is 22.4 Å². The topological polar surface area (TPSA) is 185 Å². The number of H-pyrrole nitrogens is 3. The molecular weight excluding hydrogens is 659 g/mol. The van der Waals surface area contributed by atoms with E-state index in [1.54, 1.807) is 33.5 Å². The maximum Gasteiger partial charge on any atom is 2.00 e.